The van der Waals surface area contributed by atoms with Crippen LogP contribution in [0.4, 0.5) is 34.1 Å². The third-order valence-electron chi connectivity index (χ3n) is 24.8. The summed E-state index contributed by atoms with van der Waals surface area (Å²) in [5.74, 6) is 0. The number of thiophene rings is 1. The lowest BCUT2D eigenvalue weighted by Crippen LogP contribution is -2.28. The van der Waals surface area contributed by atoms with Gasteiger partial charge in [-0.3, -0.25) is 0 Å². The van der Waals surface area contributed by atoms with E-state index in [0.29, 0.717) is 0 Å². The zero-order chi connectivity index (χ0) is 73.8. The molecular formula is C106H78N2OS. The highest BCUT2D eigenvalue weighted by atomic mass is 32.1. The first kappa shape index (κ1) is 65.4. The number of furan rings is 1. The van der Waals surface area contributed by atoms with Gasteiger partial charge in [-0.25, -0.2) is 0 Å². The summed E-state index contributed by atoms with van der Waals surface area (Å²) in [6.45, 7) is 14.2. The fourth-order valence-electron chi connectivity index (χ4n) is 19.4. The third kappa shape index (κ3) is 9.81. The Morgan fingerprint density at radius 1 is 0.245 bits per heavy atom. The highest BCUT2D eigenvalue weighted by Gasteiger charge is 2.47. The first-order valence-electron chi connectivity index (χ1n) is 38.5. The van der Waals surface area contributed by atoms with Crippen LogP contribution in [-0.4, -0.2) is 0 Å². The second-order valence-electron chi connectivity index (χ2n) is 31.8. The summed E-state index contributed by atoms with van der Waals surface area (Å²) in [7, 11) is 0. The monoisotopic (exact) mass is 1430 g/mol. The van der Waals surface area contributed by atoms with E-state index in [9.17, 15) is 0 Å². The standard InChI is InChI=1S/C58H41NO.C48H37NS/c1-57(2)51-35-34-48-47-23-13-15-25-54(47)60-56(48)55(51)49-33-31-43(36-52(49)57)59(42-28-26-39(27-29-42)38-16-6-3-7-17-38)44-30-32-46-45-22-12-14-24-50(45)58(53(46)37-44,40-18-8-4-9-19-40)41-20-10-5-11-21-41;1-47(2)40-16-10-8-14-35(40)36-24-22-33(28-42(36)47)49(32-20-18-31(19-21-32)30-12-6-5-7-13-30)34-23-25-39-43(29-34)48(3,4)41-27-26-38-37-15-9-11-17-44(37)50-46(38)45(39)41/h3-37H,1-2H3;5-29H,1-4H3. The van der Waals surface area contributed by atoms with Crippen LogP contribution in [0.25, 0.3) is 109 Å². The van der Waals surface area contributed by atoms with Crippen molar-refractivity contribution in [3.05, 3.63) is 420 Å². The first-order chi connectivity index (χ1) is 53.8. The molecular weight excluding hydrogens is 1350 g/mol. The summed E-state index contributed by atoms with van der Waals surface area (Å²) in [6, 6.07) is 134. The van der Waals surface area contributed by atoms with Gasteiger partial charge in [-0.05, 0) is 196 Å². The summed E-state index contributed by atoms with van der Waals surface area (Å²) >= 11 is 1.93. The molecule has 4 aliphatic rings. The second-order valence-corrected chi connectivity index (χ2v) is 32.8. The van der Waals surface area contributed by atoms with Crippen molar-refractivity contribution in [2.75, 3.05) is 9.80 Å². The zero-order valence-corrected chi connectivity index (χ0v) is 63.2. The highest BCUT2D eigenvalue weighted by Crippen LogP contribution is 2.61. The molecule has 16 aromatic carbocycles. The average molecular weight is 1430 g/mol. The van der Waals surface area contributed by atoms with Gasteiger partial charge < -0.3 is 14.2 Å². The maximum Gasteiger partial charge on any atom is 0.143 e. The van der Waals surface area contributed by atoms with Crippen molar-refractivity contribution in [1.29, 1.82) is 0 Å². The van der Waals surface area contributed by atoms with Gasteiger partial charge in [0.15, 0.2) is 0 Å². The molecule has 22 rings (SSSR count). The van der Waals surface area contributed by atoms with Gasteiger partial charge in [0.25, 0.3) is 0 Å². The van der Waals surface area contributed by atoms with Gasteiger partial charge in [0.1, 0.15) is 11.2 Å². The predicted molar refractivity (Wildman–Crippen MR) is 463 cm³/mol. The molecule has 18 aromatic rings. The van der Waals surface area contributed by atoms with Crippen molar-refractivity contribution in [3.63, 3.8) is 0 Å². The average Bonchev–Trinajstić information content (AvgIpc) is 1.54. The summed E-state index contributed by atoms with van der Waals surface area (Å²) in [4.78, 5) is 4.91. The van der Waals surface area contributed by atoms with E-state index >= 15 is 0 Å². The van der Waals surface area contributed by atoms with Crippen LogP contribution < -0.4 is 9.80 Å². The zero-order valence-electron chi connectivity index (χ0n) is 62.4. The van der Waals surface area contributed by atoms with Crippen LogP contribution in [0.1, 0.15) is 97.2 Å². The normalized spacial score (nSPS) is 14.4. The molecule has 0 saturated heterocycles. The fourth-order valence-corrected chi connectivity index (χ4v) is 20.7. The molecule has 524 valence electrons. The number of hydrogen-bond acceptors (Lipinski definition) is 4. The molecule has 0 aliphatic heterocycles. The Kier molecular flexibility index (Phi) is 14.8. The molecule has 0 atom stereocenters. The quantitative estimate of drug-likeness (QED) is 0.136. The maximum atomic E-state index is 6.66. The molecule has 0 saturated carbocycles. The van der Waals surface area contributed by atoms with Crippen LogP contribution in [-0.2, 0) is 21.7 Å². The predicted octanol–water partition coefficient (Wildman–Crippen LogP) is 29.2. The van der Waals surface area contributed by atoms with Gasteiger partial charge in [0.2, 0.25) is 0 Å². The van der Waals surface area contributed by atoms with Gasteiger partial charge in [0.05, 0.1) is 5.41 Å². The molecule has 0 unspecified atom stereocenters. The Labute approximate surface area is 646 Å². The fraction of sp³-hybridized carbons (Fsp3) is 0.0943. The number of nitrogens with zero attached hydrogens (tertiary/aromatic N) is 2. The largest absolute Gasteiger partial charge is 0.455 e. The molecule has 3 nitrogen and oxygen atoms in total. The first-order valence-corrected chi connectivity index (χ1v) is 39.3. The Bertz CT molecular complexity index is 6680. The number of rotatable bonds is 10. The van der Waals surface area contributed by atoms with E-state index in [2.05, 4.69) is 415 Å². The Balaban J connectivity index is 0.000000142. The number of fused-ring (bicyclic) bond motifs is 20. The Morgan fingerprint density at radius 3 is 1.17 bits per heavy atom. The van der Waals surface area contributed by atoms with Crippen molar-refractivity contribution in [2.24, 2.45) is 0 Å². The van der Waals surface area contributed by atoms with Crippen molar-refractivity contribution in [3.8, 4) is 66.8 Å². The molecule has 4 heteroatoms. The molecule has 0 amide bonds. The van der Waals surface area contributed by atoms with Crippen LogP contribution >= 0.6 is 11.3 Å². The van der Waals surface area contributed by atoms with E-state index in [4.69, 9.17) is 4.42 Å². The molecule has 0 bridgehead atoms. The van der Waals surface area contributed by atoms with E-state index < -0.39 is 5.41 Å². The van der Waals surface area contributed by atoms with Crippen LogP contribution in [0.3, 0.4) is 0 Å². The van der Waals surface area contributed by atoms with Crippen LogP contribution in [0.15, 0.2) is 368 Å². The van der Waals surface area contributed by atoms with E-state index in [1.54, 1.807) is 0 Å². The maximum absolute atomic E-state index is 6.66. The van der Waals surface area contributed by atoms with Gasteiger partial charge in [-0.15, -0.1) is 11.3 Å². The van der Waals surface area contributed by atoms with Crippen LogP contribution in [0.2, 0.25) is 0 Å². The minimum absolute atomic E-state index is 0.0814. The van der Waals surface area contributed by atoms with E-state index in [0.717, 1.165) is 44.7 Å². The van der Waals surface area contributed by atoms with Gasteiger partial charge >= 0.3 is 0 Å². The lowest BCUT2D eigenvalue weighted by Gasteiger charge is -2.35. The number of hydrogen-bond donors (Lipinski definition) is 0. The van der Waals surface area contributed by atoms with Crippen molar-refractivity contribution < 1.29 is 4.42 Å². The third-order valence-corrected chi connectivity index (χ3v) is 26.0. The Hall–Kier alpha value is -12.9. The van der Waals surface area contributed by atoms with Crippen molar-refractivity contribution in [1.82, 2.24) is 0 Å². The van der Waals surface area contributed by atoms with Crippen LogP contribution in [0.5, 0.6) is 0 Å². The van der Waals surface area contributed by atoms with E-state index in [1.807, 2.05) is 11.3 Å². The summed E-state index contributed by atoms with van der Waals surface area (Å²) in [6.07, 6.45) is 0. The Morgan fingerprint density at radius 2 is 0.618 bits per heavy atom. The summed E-state index contributed by atoms with van der Waals surface area (Å²) in [5.41, 5.74) is 36.3. The lowest BCUT2D eigenvalue weighted by atomic mass is 9.67. The minimum Gasteiger partial charge on any atom is -0.455 e. The highest BCUT2D eigenvalue weighted by molar-refractivity contribution is 7.26. The molecule has 0 spiro atoms. The van der Waals surface area contributed by atoms with E-state index in [1.165, 1.54) is 154 Å². The lowest BCUT2D eigenvalue weighted by molar-refractivity contribution is 0.653. The topological polar surface area (TPSA) is 19.6 Å². The SMILES string of the molecule is CC1(C)c2cc(N(c3ccc(-c4ccccc4)cc3)c3ccc4c(c3)C(c3ccccc3)(c3ccccc3)c3ccccc3-4)ccc2-c2c1ccc1c2oc2ccccc21.CC1(C)c2ccccc2-c2ccc(N(c3ccc(-c4ccccc4)cc3)c3ccc4c(c3)C(C)(C)c3ccc5c(sc6ccccc65)c3-4)cc21. The van der Waals surface area contributed by atoms with Crippen molar-refractivity contribution >= 4 is 87.6 Å². The molecule has 2 aromatic heterocycles. The van der Waals surface area contributed by atoms with Crippen molar-refractivity contribution in [2.45, 2.75) is 63.2 Å². The summed E-state index contributed by atoms with van der Waals surface area (Å²) in [5, 5.41) is 5.03. The molecule has 0 N–H and O–H groups in total. The molecule has 4 aliphatic carbocycles. The summed E-state index contributed by atoms with van der Waals surface area (Å²) < 4.78 is 9.41. The van der Waals surface area contributed by atoms with Crippen LogP contribution in [0, 0.1) is 0 Å². The smallest absolute Gasteiger partial charge is 0.143 e. The van der Waals surface area contributed by atoms with E-state index in [-0.39, 0.29) is 16.2 Å². The van der Waals surface area contributed by atoms with Gasteiger partial charge in [-0.1, -0.05) is 321 Å². The second kappa shape index (κ2) is 24.8. The van der Waals surface area contributed by atoms with Gasteiger partial charge in [-0.2, -0.15) is 0 Å². The van der Waals surface area contributed by atoms with Gasteiger partial charge in [0, 0.05) is 92.4 Å². The minimum atomic E-state index is -0.507. The molecule has 2 heterocycles. The number of benzene rings is 16. The molecule has 110 heavy (non-hydrogen) atoms. The number of anilines is 6. The molecule has 0 fully saturated rings. The number of para-hydroxylation sites is 1. The molecule has 0 radical (unpaired) electrons.